The van der Waals surface area contributed by atoms with Crippen LogP contribution in [0.2, 0.25) is 0 Å². The number of hydrogen-bond acceptors (Lipinski definition) is 1. The number of carbonyl (C=O) groups excluding carboxylic acids is 1. The third-order valence-corrected chi connectivity index (χ3v) is 4.88. The zero-order valence-electron chi connectivity index (χ0n) is 14.4. The summed E-state index contributed by atoms with van der Waals surface area (Å²) >= 11 is 0. The van der Waals surface area contributed by atoms with Crippen molar-refractivity contribution in [1.82, 2.24) is 4.90 Å². The van der Waals surface area contributed by atoms with Gasteiger partial charge >= 0.3 is 0 Å². The van der Waals surface area contributed by atoms with E-state index in [9.17, 15) is 4.79 Å². The van der Waals surface area contributed by atoms with Crippen LogP contribution in [-0.2, 0) is 4.79 Å². The van der Waals surface area contributed by atoms with Gasteiger partial charge in [-0.05, 0) is 72.6 Å². The minimum absolute atomic E-state index is 0.0838. The van der Waals surface area contributed by atoms with Crippen LogP contribution in [0.3, 0.4) is 0 Å². The maximum Gasteiger partial charge on any atom is 0.226 e. The van der Waals surface area contributed by atoms with Crippen LogP contribution >= 0.6 is 0 Å². The molecule has 2 heteroatoms. The second-order valence-corrected chi connectivity index (χ2v) is 7.86. The van der Waals surface area contributed by atoms with Gasteiger partial charge in [-0.2, -0.15) is 0 Å². The molecule has 1 fully saturated rings. The van der Waals surface area contributed by atoms with Crippen LogP contribution in [0.15, 0.2) is 23.3 Å². The lowest BCUT2D eigenvalue weighted by Gasteiger charge is -2.35. The molecule has 0 saturated heterocycles. The second kappa shape index (κ2) is 6.37. The van der Waals surface area contributed by atoms with E-state index in [-0.39, 0.29) is 5.54 Å². The molecule has 21 heavy (non-hydrogen) atoms. The fourth-order valence-corrected chi connectivity index (χ4v) is 3.03. The summed E-state index contributed by atoms with van der Waals surface area (Å²) in [4.78, 5) is 14.5. The molecule has 0 heterocycles. The van der Waals surface area contributed by atoms with Crippen molar-refractivity contribution < 1.29 is 4.79 Å². The average Bonchev–Trinajstić information content (AvgIpc) is 3.22. The second-order valence-electron chi connectivity index (χ2n) is 7.86. The van der Waals surface area contributed by atoms with Gasteiger partial charge in [0.15, 0.2) is 0 Å². The lowest BCUT2D eigenvalue weighted by molar-refractivity contribution is -0.136. The summed E-state index contributed by atoms with van der Waals surface area (Å²) in [5, 5.41) is 0. The molecule has 0 bridgehead atoms. The van der Waals surface area contributed by atoms with Gasteiger partial charge in [-0.15, -0.1) is 0 Å². The molecule has 0 radical (unpaired) electrons. The quantitative estimate of drug-likeness (QED) is 0.686. The largest absolute Gasteiger partial charge is 0.334 e. The molecule has 1 atom stereocenters. The van der Waals surface area contributed by atoms with E-state index < -0.39 is 0 Å². The highest BCUT2D eigenvalue weighted by Crippen LogP contribution is 2.34. The predicted octanol–water partition coefficient (Wildman–Crippen LogP) is 4.72. The standard InChI is InChI=1S/C19H31NO/c1-14-6-8-16(9-7-14)15(2)12-13-20(19(3,4)5)18(21)17-10-11-17/h6,12,16-17H,7-11,13H2,1-5H3. The van der Waals surface area contributed by atoms with Gasteiger partial charge in [-0.1, -0.05) is 23.3 Å². The zero-order valence-corrected chi connectivity index (χ0v) is 14.4. The maximum atomic E-state index is 12.5. The first-order chi connectivity index (χ1) is 9.79. The van der Waals surface area contributed by atoms with Crippen LogP contribution in [0.4, 0.5) is 0 Å². The number of nitrogens with zero attached hydrogens (tertiary/aromatic N) is 1. The van der Waals surface area contributed by atoms with Gasteiger partial charge in [0, 0.05) is 18.0 Å². The first-order valence-electron chi connectivity index (χ1n) is 8.43. The van der Waals surface area contributed by atoms with E-state index in [4.69, 9.17) is 0 Å². The number of amides is 1. The summed E-state index contributed by atoms with van der Waals surface area (Å²) < 4.78 is 0. The molecule has 1 saturated carbocycles. The molecule has 2 rings (SSSR count). The Kier molecular flexibility index (Phi) is 4.95. The van der Waals surface area contributed by atoms with Gasteiger partial charge in [0.05, 0.1) is 0 Å². The summed E-state index contributed by atoms with van der Waals surface area (Å²) in [7, 11) is 0. The van der Waals surface area contributed by atoms with Crippen LogP contribution < -0.4 is 0 Å². The number of allylic oxidation sites excluding steroid dienone is 3. The molecule has 2 nitrogen and oxygen atoms in total. The third-order valence-electron chi connectivity index (χ3n) is 4.88. The molecule has 0 N–H and O–H groups in total. The van der Waals surface area contributed by atoms with Crippen LogP contribution in [0.25, 0.3) is 0 Å². The van der Waals surface area contributed by atoms with E-state index >= 15 is 0 Å². The van der Waals surface area contributed by atoms with Gasteiger partial charge in [0.2, 0.25) is 5.91 Å². The van der Waals surface area contributed by atoms with Crippen molar-refractivity contribution in [2.75, 3.05) is 6.54 Å². The minimum Gasteiger partial charge on any atom is -0.334 e. The Balaban J connectivity index is 2.00. The Morgan fingerprint density at radius 1 is 1.29 bits per heavy atom. The van der Waals surface area contributed by atoms with Gasteiger partial charge in [-0.3, -0.25) is 4.79 Å². The predicted molar refractivity (Wildman–Crippen MR) is 89.0 cm³/mol. The summed E-state index contributed by atoms with van der Waals surface area (Å²) in [6.45, 7) is 11.7. The van der Waals surface area contributed by atoms with Gasteiger partial charge in [0.25, 0.3) is 0 Å². The molecular weight excluding hydrogens is 258 g/mol. The van der Waals surface area contributed by atoms with Crippen LogP contribution in [0.5, 0.6) is 0 Å². The molecular formula is C19H31NO. The van der Waals surface area contributed by atoms with Crippen molar-refractivity contribution in [3.8, 4) is 0 Å². The van der Waals surface area contributed by atoms with Crippen molar-refractivity contribution in [3.63, 3.8) is 0 Å². The van der Waals surface area contributed by atoms with Crippen molar-refractivity contribution in [2.24, 2.45) is 11.8 Å². The van der Waals surface area contributed by atoms with Gasteiger partial charge in [-0.25, -0.2) is 0 Å². The Morgan fingerprint density at radius 2 is 1.95 bits per heavy atom. The SMILES string of the molecule is CC1=CCC(C(C)=CCN(C(=O)C2CC2)C(C)(C)C)CC1. The molecule has 0 spiro atoms. The zero-order chi connectivity index (χ0) is 15.6. The smallest absolute Gasteiger partial charge is 0.226 e. The summed E-state index contributed by atoms with van der Waals surface area (Å²) in [5.74, 6) is 1.33. The topological polar surface area (TPSA) is 20.3 Å². The van der Waals surface area contributed by atoms with E-state index in [0.717, 1.165) is 19.4 Å². The Morgan fingerprint density at radius 3 is 2.43 bits per heavy atom. The molecule has 2 aliphatic rings. The molecule has 2 aliphatic carbocycles. The fraction of sp³-hybridized carbons (Fsp3) is 0.737. The van der Waals surface area contributed by atoms with E-state index in [2.05, 4.69) is 51.7 Å². The molecule has 1 unspecified atom stereocenters. The molecule has 0 aromatic heterocycles. The highest BCUT2D eigenvalue weighted by molar-refractivity contribution is 5.81. The van der Waals surface area contributed by atoms with E-state index in [1.54, 1.807) is 0 Å². The summed E-state index contributed by atoms with van der Waals surface area (Å²) in [6, 6.07) is 0. The van der Waals surface area contributed by atoms with Crippen LogP contribution in [0.1, 0.15) is 66.7 Å². The lowest BCUT2D eigenvalue weighted by Crippen LogP contribution is -2.46. The van der Waals surface area contributed by atoms with E-state index in [1.807, 2.05) is 0 Å². The molecule has 1 amide bonds. The average molecular weight is 289 g/mol. The molecule has 0 aromatic carbocycles. The number of hydrogen-bond donors (Lipinski definition) is 0. The summed E-state index contributed by atoms with van der Waals surface area (Å²) in [5.41, 5.74) is 2.90. The Bertz CT molecular complexity index is 449. The van der Waals surface area contributed by atoms with Crippen LogP contribution in [-0.4, -0.2) is 22.9 Å². The minimum atomic E-state index is -0.0838. The van der Waals surface area contributed by atoms with E-state index in [1.165, 1.54) is 30.4 Å². The first-order valence-corrected chi connectivity index (χ1v) is 8.43. The maximum absolute atomic E-state index is 12.5. The highest BCUT2D eigenvalue weighted by atomic mass is 16.2. The molecule has 0 aliphatic heterocycles. The monoisotopic (exact) mass is 289 g/mol. The van der Waals surface area contributed by atoms with Crippen molar-refractivity contribution in [2.45, 2.75) is 72.3 Å². The lowest BCUT2D eigenvalue weighted by atomic mass is 9.85. The van der Waals surface area contributed by atoms with Crippen molar-refractivity contribution in [1.29, 1.82) is 0 Å². The number of rotatable bonds is 4. The first kappa shape index (κ1) is 16.3. The van der Waals surface area contributed by atoms with E-state index in [0.29, 0.717) is 17.7 Å². The Hall–Kier alpha value is -1.05. The highest BCUT2D eigenvalue weighted by Gasteiger charge is 2.37. The summed E-state index contributed by atoms with van der Waals surface area (Å²) in [6.07, 6.45) is 10.5. The molecule has 118 valence electrons. The fourth-order valence-electron chi connectivity index (χ4n) is 3.03. The Labute approximate surface area is 130 Å². The third kappa shape index (κ3) is 4.46. The van der Waals surface area contributed by atoms with Crippen LogP contribution in [0, 0.1) is 11.8 Å². The molecule has 0 aromatic rings. The van der Waals surface area contributed by atoms with Gasteiger partial charge < -0.3 is 4.90 Å². The van der Waals surface area contributed by atoms with Crippen molar-refractivity contribution >= 4 is 5.91 Å². The van der Waals surface area contributed by atoms with Crippen molar-refractivity contribution in [3.05, 3.63) is 23.3 Å². The van der Waals surface area contributed by atoms with Gasteiger partial charge in [0.1, 0.15) is 0 Å². The number of carbonyl (C=O) groups is 1. The normalized spacial score (nSPS) is 23.8.